The number of halogens is 4. The van der Waals surface area contributed by atoms with Crippen LogP contribution in [0.5, 0.6) is 11.5 Å². The van der Waals surface area contributed by atoms with Gasteiger partial charge in [-0.15, -0.1) is 0 Å². The van der Waals surface area contributed by atoms with E-state index in [1.165, 1.54) is 30.3 Å². The van der Waals surface area contributed by atoms with E-state index in [1.54, 1.807) is 24.3 Å². The van der Waals surface area contributed by atoms with E-state index in [9.17, 15) is 32.3 Å². The van der Waals surface area contributed by atoms with Gasteiger partial charge >= 0.3 is 6.18 Å². The highest BCUT2D eigenvalue weighted by molar-refractivity contribution is 6.42. The minimum absolute atomic E-state index is 0.0430. The molecule has 1 amide bonds. The zero-order valence-corrected chi connectivity index (χ0v) is 21.9. The number of nitrogens with one attached hydrogen (secondary N) is 1. The summed E-state index contributed by atoms with van der Waals surface area (Å²) in [6.45, 7) is 1.50. The molecule has 216 valence electrons. The fourth-order valence-corrected chi connectivity index (χ4v) is 5.08. The first-order valence-corrected chi connectivity index (χ1v) is 13.2. The smallest absolute Gasteiger partial charge is 0.420 e. The van der Waals surface area contributed by atoms with Crippen molar-refractivity contribution in [2.75, 3.05) is 32.8 Å². The number of carbonyl (C=O) groups excluding carboxylic acids is 2. The number of amides is 1. The summed E-state index contributed by atoms with van der Waals surface area (Å²) in [6, 6.07) is 12.9. The highest BCUT2D eigenvalue weighted by Crippen LogP contribution is 2.45. The van der Waals surface area contributed by atoms with Crippen molar-refractivity contribution in [3.05, 3.63) is 83.2 Å². The van der Waals surface area contributed by atoms with Crippen LogP contribution in [0.3, 0.4) is 0 Å². The van der Waals surface area contributed by atoms with Crippen LogP contribution in [-0.4, -0.2) is 60.6 Å². The van der Waals surface area contributed by atoms with E-state index < -0.39 is 41.3 Å². The third-order valence-corrected chi connectivity index (χ3v) is 7.19. The second kappa shape index (κ2) is 11.9. The molecule has 0 aliphatic carbocycles. The van der Waals surface area contributed by atoms with Crippen LogP contribution in [0.1, 0.15) is 40.4 Å². The molecular formula is C30H28F4N2O5. The van der Waals surface area contributed by atoms with Crippen LogP contribution < -0.4 is 14.8 Å². The minimum Gasteiger partial charge on any atom is -0.486 e. The largest absolute Gasteiger partial charge is 0.486 e. The number of likely N-dealkylation sites (tertiary alicyclic amines) is 1. The Labute approximate surface area is 233 Å². The molecule has 0 bridgehead atoms. The van der Waals surface area contributed by atoms with Crippen molar-refractivity contribution < 1.29 is 41.7 Å². The fourth-order valence-electron chi connectivity index (χ4n) is 5.08. The lowest BCUT2D eigenvalue weighted by atomic mass is 9.97. The molecule has 2 aliphatic rings. The number of nitrogens with zero attached hydrogens (tertiary/aromatic N) is 1. The Hall–Kier alpha value is -3.96. The monoisotopic (exact) mass is 572 g/mol. The molecule has 0 radical (unpaired) electrons. The summed E-state index contributed by atoms with van der Waals surface area (Å²) in [6.07, 6.45) is -4.55. The molecule has 2 atom stereocenters. The van der Waals surface area contributed by atoms with E-state index in [4.69, 9.17) is 9.47 Å². The lowest BCUT2D eigenvalue weighted by Gasteiger charge is -2.30. The summed E-state index contributed by atoms with van der Waals surface area (Å²) in [7, 11) is 0. The third-order valence-electron chi connectivity index (χ3n) is 7.19. The second-order valence-corrected chi connectivity index (χ2v) is 10.0. The number of aliphatic hydroxyl groups excluding tert-OH is 1. The van der Waals surface area contributed by atoms with Crippen LogP contribution in [0.15, 0.2) is 60.7 Å². The van der Waals surface area contributed by atoms with Gasteiger partial charge in [0.1, 0.15) is 30.7 Å². The van der Waals surface area contributed by atoms with E-state index in [2.05, 4.69) is 5.32 Å². The van der Waals surface area contributed by atoms with Crippen molar-refractivity contribution in [2.24, 2.45) is 0 Å². The van der Waals surface area contributed by atoms with E-state index in [0.29, 0.717) is 18.7 Å². The number of ether oxygens (including phenoxy) is 2. The van der Waals surface area contributed by atoms with Crippen molar-refractivity contribution in [3.8, 4) is 22.6 Å². The summed E-state index contributed by atoms with van der Waals surface area (Å²) >= 11 is 0. The number of rotatable bonds is 8. The van der Waals surface area contributed by atoms with Gasteiger partial charge in [-0.25, -0.2) is 4.39 Å². The Kier molecular flexibility index (Phi) is 8.27. The highest BCUT2D eigenvalue weighted by Gasteiger charge is 2.39. The molecule has 2 aliphatic heterocycles. The van der Waals surface area contributed by atoms with Gasteiger partial charge in [0.05, 0.1) is 6.04 Å². The molecule has 7 nitrogen and oxygen atoms in total. The first kappa shape index (κ1) is 28.6. The van der Waals surface area contributed by atoms with Gasteiger partial charge in [-0.3, -0.25) is 9.59 Å². The average Bonchev–Trinajstić information content (AvgIpc) is 3.48. The van der Waals surface area contributed by atoms with E-state index in [-0.39, 0.29) is 42.5 Å². The Morgan fingerprint density at radius 1 is 0.927 bits per heavy atom. The maximum Gasteiger partial charge on any atom is 0.420 e. The SMILES string of the molecule is O=C(N[C@H](CN1CCCC1)[C@H](O)c1cc2c(c(C(F)(F)F)c1)OCCO2)C(=O)c1ccc(-c2ccc(F)cc2)cc1. The van der Waals surface area contributed by atoms with Crippen molar-refractivity contribution >= 4 is 11.7 Å². The van der Waals surface area contributed by atoms with Gasteiger partial charge < -0.3 is 24.8 Å². The Balaban J connectivity index is 1.38. The number of hydrogen-bond donors (Lipinski definition) is 2. The molecule has 11 heteroatoms. The first-order valence-electron chi connectivity index (χ1n) is 13.2. The van der Waals surface area contributed by atoms with Crippen molar-refractivity contribution in [1.29, 1.82) is 0 Å². The number of benzene rings is 3. The highest BCUT2D eigenvalue weighted by atomic mass is 19.4. The Bertz CT molecular complexity index is 1400. The number of fused-ring (bicyclic) bond motifs is 1. The summed E-state index contributed by atoms with van der Waals surface area (Å²) in [5.41, 5.74) is 0.306. The van der Waals surface area contributed by atoms with Crippen LogP contribution in [0.4, 0.5) is 17.6 Å². The molecular weight excluding hydrogens is 544 g/mol. The Morgan fingerprint density at radius 3 is 2.17 bits per heavy atom. The standard InChI is InChI=1S/C30H28F4N2O5/c31-22-9-7-19(8-10-22)18-3-5-20(6-4-18)27(38)29(39)35-24(17-36-11-1-2-12-36)26(37)21-15-23(30(32,33)34)28-25(16-21)40-13-14-41-28/h3-10,15-16,24,26,37H,1-2,11-14,17H2,(H,35,39)/t24-,26-/m1/s1. The third kappa shape index (κ3) is 6.52. The molecule has 1 fully saturated rings. The molecule has 0 spiro atoms. The van der Waals surface area contributed by atoms with Gasteiger partial charge in [0, 0.05) is 12.1 Å². The fraction of sp³-hybridized carbons (Fsp3) is 0.333. The van der Waals surface area contributed by atoms with Gasteiger partial charge in [0.2, 0.25) is 5.78 Å². The van der Waals surface area contributed by atoms with Crippen LogP contribution in [0, 0.1) is 5.82 Å². The van der Waals surface area contributed by atoms with Crippen molar-refractivity contribution in [2.45, 2.75) is 31.2 Å². The average molecular weight is 573 g/mol. The predicted molar refractivity (Wildman–Crippen MR) is 141 cm³/mol. The summed E-state index contributed by atoms with van der Waals surface area (Å²) < 4.78 is 65.4. The number of carbonyl (C=O) groups is 2. The number of aliphatic hydroxyl groups is 1. The van der Waals surface area contributed by atoms with Crippen LogP contribution in [-0.2, 0) is 11.0 Å². The molecule has 0 aromatic heterocycles. The zero-order valence-electron chi connectivity index (χ0n) is 21.9. The second-order valence-electron chi connectivity index (χ2n) is 10.0. The number of Topliss-reactive ketones (excluding diaryl/α,β-unsaturated/α-hetero) is 1. The summed E-state index contributed by atoms with van der Waals surface area (Å²) in [5, 5.41) is 13.8. The van der Waals surface area contributed by atoms with Gasteiger partial charge in [0.25, 0.3) is 5.91 Å². The summed E-state index contributed by atoms with van der Waals surface area (Å²) in [5.74, 6) is -2.85. The van der Waals surface area contributed by atoms with Crippen LogP contribution in [0.2, 0.25) is 0 Å². The molecule has 3 aromatic rings. The molecule has 5 rings (SSSR count). The molecule has 0 unspecified atom stereocenters. The topological polar surface area (TPSA) is 88.1 Å². The van der Waals surface area contributed by atoms with E-state index >= 15 is 0 Å². The predicted octanol–water partition coefficient (Wildman–Crippen LogP) is 4.78. The van der Waals surface area contributed by atoms with E-state index in [0.717, 1.165) is 24.5 Å². The maximum absolute atomic E-state index is 13.8. The molecule has 1 saturated heterocycles. The van der Waals surface area contributed by atoms with Gasteiger partial charge in [-0.1, -0.05) is 36.4 Å². The van der Waals surface area contributed by atoms with Crippen LogP contribution >= 0.6 is 0 Å². The van der Waals surface area contributed by atoms with Crippen molar-refractivity contribution in [1.82, 2.24) is 10.2 Å². The molecule has 41 heavy (non-hydrogen) atoms. The normalized spacial score (nSPS) is 16.7. The summed E-state index contributed by atoms with van der Waals surface area (Å²) in [4.78, 5) is 28.0. The first-order chi connectivity index (χ1) is 19.6. The maximum atomic E-state index is 13.8. The van der Waals surface area contributed by atoms with Gasteiger partial charge in [0.15, 0.2) is 11.5 Å². The van der Waals surface area contributed by atoms with Crippen LogP contribution in [0.25, 0.3) is 11.1 Å². The zero-order chi connectivity index (χ0) is 29.1. The lowest BCUT2D eigenvalue weighted by molar-refractivity contribution is -0.139. The number of ketones is 1. The minimum atomic E-state index is -4.77. The number of hydrogen-bond acceptors (Lipinski definition) is 6. The van der Waals surface area contributed by atoms with E-state index in [1.807, 2.05) is 4.90 Å². The molecule has 0 saturated carbocycles. The molecule has 2 N–H and O–H groups in total. The van der Waals surface area contributed by atoms with Gasteiger partial charge in [-0.2, -0.15) is 13.2 Å². The molecule has 2 heterocycles. The Morgan fingerprint density at radius 2 is 1.54 bits per heavy atom. The van der Waals surface area contributed by atoms with Crippen molar-refractivity contribution in [3.63, 3.8) is 0 Å². The lowest BCUT2D eigenvalue weighted by Crippen LogP contribution is -2.48. The quantitative estimate of drug-likeness (QED) is 0.230. The number of alkyl halides is 3. The van der Waals surface area contributed by atoms with Gasteiger partial charge in [-0.05, 0) is 66.9 Å². The molecule has 3 aromatic carbocycles.